The minimum Gasteiger partial charge on any atom is -0.478 e. The number of rotatable bonds is 2. The van der Waals surface area contributed by atoms with Crippen molar-refractivity contribution in [3.63, 3.8) is 0 Å². The van der Waals surface area contributed by atoms with Crippen LogP contribution in [0.15, 0.2) is 24.3 Å². The highest BCUT2D eigenvalue weighted by molar-refractivity contribution is 6.51. The molecule has 0 fully saturated rings. The van der Waals surface area contributed by atoms with Gasteiger partial charge < -0.3 is 5.11 Å². The zero-order chi connectivity index (χ0) is 15.0. The number of halogens is 5. The molecule has 104 valence electrons. The monoisotopic (exact) mass is 352 g/mol. The van der Waals surface area contributed by atoms with Crippen molar-refractivity contribution in [2.75, 3.05) is 0 Å². The third-order valence-electron chi connectivity index (χ3n) is 2.60. The summed E-state index contributed by atoms with van der Waals surface area (Å²) in [6.07, 6.45) is 0. The zero-order valence-electron chi connectivity index (χ0n) is 9.55. The minimum absolute atomic E-state index is 0.0123. The van der Waals surface area contributed by atoms with Gasteiger partial charge in [-0.25, -0.2) is 9.18 Å². The molecule has 0 aliphatic rings. The molecule has 0 atom stereocenters. The van der Waals surface area contributed by atoms with Gasteiger partial charge >= 0.3 is 5.97 Å². The lowest BCUT2D eigenvalue weighted by atomic mass is 9.99. The number of hydrogen-bond donors (Lipinski definition) is 1. The summed E-state index contributed by atoms with van der Waals surface area (Å²) in [5.41, 5.74) is 0.0831. The second kappa shape index (κ2) is 5.78. The maximum absolute atomic E-state index is 13.2. The number of aromatic carboxylic acids is 1. The molecule has 2 rings (SSSR count). The Hall–Kier alpha value is -1.000. The van der Waals surface area contributed by atoms with Gasteiger partial charge in [-0.05, 0) is 23.8 Å². The van der Waals surface area contributed by atoms with Crippen LogP contribution in [0.5, 0.6) is 0 Å². The molecule has 0 aromatic heterocycles. The summed E-state index contributed by atoms with van der Waals surface area (Å²) in [6, 6.07) is 4.61. The van der Waals surface area contributed by atoms with Crippen LogP contribution in [0.2, 0.25) is 20.1 Å². The normalized spacial score (nSPS) is 10.7. The van der Waals surface area contributed by atoms with Gasteiger partial charge in [0, 0.05) is 5.56 Å². The SMILES string of the molecule is O=C(O)c1cc(F)ccc1-c1c(Cl)cc(Cl)c(Cl)c1Cl. The number of carbonyl (C=O) groups is 1. The molecule has 2 nitrogen and oxygen atoms in total. The van der Waals surface area contributed by atoms with Crippen molar-refractivity contribution in [2.45, 2.75) is 0 Å². The maximum Gasteiger partial charge on any atom is 0.336 e. The average molecular weight is 354 g/mol. The molecule has 2 aromatic rings. The Bertz CT molecular complexity index is 716. The largest absolute Gasteiger partial charge is 0.478 e. The van der Waals surface area contributed by atoms with Crippen molar-refractivity contribution < 1.29 is 14.3 Å². The highest BCUT2D eigenvalue weighted by atomic mass is 35.5. The molecule has 0 spiro atoms. The molecule has 2 aromatic carbocycles. The maximum atomic E-state index is 13.2. The molecular weight excluding hydrogens is 349 g/mol. The highest BCUT2D eigenvalue weighted by Gasteiger charge is 2.20. The Labute approximate surface area is 133 Å². The fourth-order valence-corrected chi connectivity index (χ4v) is 2.84. The summed E-state index contributed by atoms with van der Waals surface area (Å²) >= 11 is 23.9. The Morgan fingerprint density at radius 3 is 2.25 bits per heavy atom. The lowest BCUT2D eigenvalue weighted by Gasteiger charge is -2.12. The third-order valence-corrected chi connectivity index (χ3v) is 4.16. The molecule has 20 heavy (non-hydrogen) atoms. The lowest BCUT2D eigenvalue weighted by molar-refractivity contribution is 0.0697. The van der Waals surface area contributed by atoms with Crippen LogP contribution < -0.4 is 0 Å². The number of carboxylic acids is 1. The average Bonchev–Trinajstić information content (AvgIpc) is 2.37. The summed E-state index contributed by atoms with van der Waals surface area (Å²) in [5, 5.41) is 9.47. The predicted octanol–water partition coefficient (Wildman–Crippen LogP) is 5.80. The van der Waals surface area contributed by atoms with E-state index in [1.54, 1.807) is 0 Å². The molecule has 0 saturated carbocycles. The van der Waals surface area contributed by atoms with Crippen molar-refractivity contribution in [2.24, 2.45) is 0 Å². The zero-order valence-corrected chi connectivity index (χ0v) is 12.6. The van der Waals surface area contributed by atoms with E-state index >= 15 is 0 Å². The summed E-state index contributed by atoms with van der Waals surface area (Å²) in [5.74, 6) is -1.99. The van der Waals surface area contributed by atoms with Crippen molar-refractivity contribution in [1.29, 1.82) is 0 Å². The summed E-state index contributed by atoms with van der Waals surface area (Å²) in [4.78, 5) is 11.2. The van der Waals surface area contributed by atoms with E-state index < -0.39 is 11.8 Å². The summed E-state index contributed by atoms with van der Waals surface area (Å²) in [6.45, 7) is 0. The Morgan fingerprint density at radius 2 is 1.65 bits per heavy atom. The Morgan fingerprint density at radius 1 is 1.00 bits per heavy atom. The molecule has 0 unspecified atom stereocenters. The molecule has 0 heterocycles. The topological polar surface area (TPSA) is 37.3 Å². The van der Waals surface area contributed by atoms with Crippen LogP contribution in [-0.4, -0.2) is 11.1 Å². The predicted molar refractivity (Wildman–Crippen MR) is 78.8 cm³/mol. The Balaban J connectivity index is 2.82. The second-order valence-corrected chi connectivity index (χ2v) is 5.41. The van der Waals surface area contributed by atoms with Crippen LogP contribution in [0.1, 0.15) is 10.4 Å². The Kier molecular flexibility index (Phi) is 4.45. The van der Waals surface area contributed by atoms with Gasteiger partial charge in [0.1, 0.15) is 5.82 Å². The molecule has 1 N–H and O–H groups in total. The standard InChI is InChI=1S/C13H5Cl4FO2/c14-8-4-9(15)11(16)12(17)10(8)6-2-1-5(18)3-7(6)13(19)20/h1-4H,(H,19,20). The fraction of sp³-hybridized carbons (Fsp3) is 0. The van der Waals surface area contributed by atoms with Gasteiger partial charge in [0.05, 0.1) is 25.7 Å². The van der Waals surface area contributed by atoms with E-state index in [-0.39, 0.29) is 36.8 Å². The number of hydrogen-bond acceptors (Lipinski definition) is 1. The second-order valence-electron chi connectivity index (χ2n) is 3.84. The van der Waals surface area contributed by atoms with Crippen molar-refractivity contribution in [3.05, 3.63) is 55.7 Å². The van der Waals surface area contributed by atoms with Gasteiger partial charge in [-0.1, -0.05) is 52.5 Å². The summed E-state index contributed by atoms with van der Waals surface area (Å²) < 4.78 is 13.2. The van der Waals surface area contributed by atoms with E-state index in [0.29, 0.717) is 0 Å². The van der Waals surface area contributed by atoms with Gasteiger partial charge in [-0.15, -0.1) is 0 Å². The minimum atomic E-state index is -1.31. The molecule has 0 amide bonds. The number of carboxylic acid groups (broad SMARTS) is 1. The van der Waals surface area contributed by atoms with Gasteiger partial charge in [-0.2, -0.15) is 0 Å². The molecule has 0 aliphatic heterocycles. The first kappa shape index (κ1) is 15.4. The van der Waals surface area contributed by atoms with Crippen molar-refractivity contribution in [1.82, 2.24) is 0 Å². The molecule has 0 bridgehead atoms. The van der Waals surface area contributed by atoms with Gasteiger partial charge in [0.15, 0.2) is 0 Å². The quantitative estimate of drug-likeness (QED) is 0.546. The molecular formula is C13H5Cl4FO2. The van der Waals surface area contributed by atoms with E-state index in [2.05, 4.69) is 0 Å². The molecule has 0 aliphatic carbocycles. The van der Waals surface area contributed by atoms with Crippen LogP contribution in [0.4, 0.5) is 4.39 Å². The summed E-state index contributed by atoms with van der Waals surface area (Å²) in [7, 11) is 0. The van der Waals surface area contributed by atoms with Crippen LogP contribution in [-0.2, 0) is 0 Å². The first-order valence-corrected chi connectivity index (χ1v) is 6.70. The van der Waals surface area contributed by atoms with E-state index in [4.69, 9.17) is 51.5 Å². The van der Waals surface area contributed by atoms with E-state index in [0.717, 1.165) is 12.1 Å². The number of benzene rings is 2. The third kappa shape index (κ3) is 2.72. The van der Waals surface area contributed by atoms with Crippen molar-refractivity contribution in [3.8, 4) is 11.1 Å². The van der Waals surface area contributed by atoms with Gasteiger partial charge in [0.25, 0.3) is 0 Å². The van der Waals surface area contributed by atoms with Crippen LogP contribution in [0.25, 0.3) is 11.1 Å². The van der Waals surface area contributed by atoms with Gasteiger partial charge in [0.2, 0.25) is 0 Å². The van der Waals surface area contributed by atoms with E-state index in [1.807, 2.05) is 0 Å². The highest BCUT2D eigenvalue weighted by Crippen LogP contribution is 2.44. The van der Waals surface area contributed by atoms with Crippen LogP contribution in [0, 0.1) is 5.82 Å². The smallest absolute Gasteiger partial charge is 0.336 e. The van der Waals surface area contributed by atoms with Crippen molar-refractivity contribution >= 4 is 52.4 Å². The van der Waals surface area contributed by atoms with Crippen LogP contribution >= 0.6 is 46.4 Å². The molecule has 0 radical (unpaired) electrons. The first-order chi connectivity index (χ1) is 9.32. The molecule has 7 heteroatoms. The van der Waals surface area contributed by atoms with E-state index in [1.165, 1.54) is 12.1 Å². The van der Waals surface area contributed by atoms with Crippen LogP contribution in [0.3, 0.4) is 0 Å². The lowest BCUT2D eigenvalue weighted by Crippen LogP contribution is -2.01. The van der Waals surface area contributed by atoms with Gasteiger partial charge in [-0.3, -0.25) is 0 Å². The first-order valence-electron chi connectivity index (χ1n) is 5.19. The van der Waals surface area contributed by atoms with E-state index in [9.17, 15) is 9.18 Å². The molecule has 0 saturated heterocycles. The fourth-order valence-electron chi connectivity index (χ4n) is 1.72.